The number of pyridine rings is 1. The van der Waals surface area contributed by atoms with E-state index in [1.165, 1.54) is 0 Å². The first-order valence-electron chi connectivity index (χ1n) is 8.19. The maximum absolute atomic E-state index is 13.8. The molecule has 3 heterocycles. The lowest BCUT2D eigenvalue weighted by atomic mass is 10.2. The molecule has 2 aliphatic rings. The van der Waals surface area contributed by atoms with Crippen LogP contribution in [-0.4, -0.2) is 61.4 Å². The fraction of sp³-hybridized carbons (Fsp3) is 0.438. The first-order chi connectivity index (χ1) is 12.2. The van der Waals surface area contributed by atoms with Gasteiger partial charge in [-0.1, -0.05) is 6.07 Å². The molecule has 0 radical (unpaired) electrons. The number of nitrogens with zero attached hydrogens (tertiary/aromatic N) is 4. The molecule has 0 aromatic carbocycles. The van der Waals surface area contributed by atoms with Gasteiger partial charge in [-0.05, 0) is 12.1 Å². The molecule has 4 N–H and O–H groups in total. The van der Waals surface area contributed by atoms with Crippen molar-refractivity contribution in [1.29, 1.82) is 0 Å². The summed E-state index contributed by atoms with van der Waals surface area (Å²) in [5, 5.41) is 19.2. The third-order valence-electron chi connectivity index (χ3n) is 4.16. The average molecular weight is 346 g/mol. The number of alkyl halides is 1. The molecular weight excluding hydrogens is 323 g/mol. The Balaban J connectivity index is 1.72. The van der Waals surface area contributed by atoms with E-state index in [9.17, 15) is 4.39 Å². The van der Waals surface area contributed by atoms with Crippen LogP contribution in [0.25, 0.3) is 5.70 Å². The zero-order valence-electron chi connectivity index (χ0n) is 14.1. The van der Waals surface area contributed by atoms with Gasteiger partial charge in [0.25, 0.3) is 0 Å². The van der Waals surface area contributed by atoms with Crippen molar-refractivity contribution in [2.75, 3.05) is 25.5 Å². The highest BCUT2D eigenvalue weighted by atomic mass is 19.1. The van der Waals surface area contributed by atoms with Crippen molar-refractivity contribution in [1.82, 2.24) is 26.1 Å². The summed E-state index contributed by atoms with van der Waals surface area (Å²) in [5.41, 5.74) is 4.18. The zero-order chi connectivity index (χ0) is 17.6. The molecular formula is C16H23FN8. The predicted molar refractivity (Wildman–Crippen MR) is 97.9 cm³/mol. The van der Waals surface area contributed by atoms with E-state index in [4.69, 9.17) is 0 Å². The lowest BCUT2D eigenvalue weighted by molar-refractivity contribution is 0.261. The van der Waals surface area contributed by atoms with Crippen LogP contribution in [0.2, 0.25) is 0 Å². The molecule has 134 valence electrons. The van der Waals surface area contributed by atoms with Gasteiger partial charge in [0, 0.05) is 45.7 Å². The smallest absolute Gasteiger partial charge is 0.134 e. The Kier molecular flexibility index (Phi) is 5.44. The van der Waals surface area contributed by atoms with E-state index in [0.717, 1.165) is 6.42 Å². The van der Waals surface area contributed by atoms with Crippen molar-refractivity contribution in [2.45, 2.75) is 24.8 Å². The van der Waals surface area contributed by atoms with Crippen LogP contribution >= 0.6 is 0 Å². The second-order valence-electron chi connectivity index (χ2n) is 5.95. The third kappa shape index (κ3) is 4.24. The van der Waals surface area contributed by atoms with Crippen molar-refractivity contribution in [3.8, 4) is 0 Å². The molecule has 0 aliphatic carbocycles. The molecule has 2 aliphatic heterocycles. The van der Waals surface area contributed by atoms with Crippen LogP contribution in [0.3, 0.4) is 0 Å². The molecule has 3 atom stereocenters. The molecule has 0 saturated carbocycles. The molecule has 1 unspecified atom stereocenters. The standard InChI is InChI=1S/C16H23FN8/c1-18-24-14(10-20-16-6-7-21-25(16)2)12-4-3-5-15(22-12)23-13-9-19-8-11(13)17/h3-5,7,10-11,13,16,19-20,24H,1,6,8-9H2,2H3,(H,22,23)/b14-10-/t11-,13-,16?/m0/s1. The summed E-state index contributed by atoms with van der Waals surface area (Å²) in [7, 11) is 1.90. The fourth-order valence-electron chi connectivity index (χ4n) is 2.76. The van der Waals surface area contributed by atoms with E-state index in [1.54, 1.807) is 6.20 Å². The molecule has 0 spiro atoms. The Morgan fingerprint density at radius 3 is 3.04 bits per heavy atom. The van der Waals surface area contributed by atoms with Gasteiger partial charge in [0.15, 0.2) is 0 Å². The summed E-state index contributed by atoms with van der Waals surface area (Å²) in [4.78, 5) is 4.54. The number of hydrazone groups is 2. The Bertz CT molecular complexity index is 661. The van der Waals surface area contributed by atoms with E-state index < -0.39 is 6.17 Å². The van der Waals surface area contributed by atoms with Crippen LogP contribution in [0.15, 0.2) is 34.6 Å². The van der Waals surface area contributed by atoms with Crippen molar-refractivity contribution >= 4 is 24.4 Å². The van der Waals surface area contributed by atoms with Crippen LogP contribution in [0.1, 0.15) is 12.1 Å². The minimum absolute atomic E-state index is 0.0831. The minimum Gasteiger partial charge on any atom is -0.368 e. The molecule has 1 fully saturated rings. The number of aromatic nitrogens is 1. The number of rotatable bonds is 7. The number of hydrogen-bond acceptors (Lipinski definition) is 8. The largest absolute Gasteiger partial charge is 0.368 e. The predicted octanol–water partition coefficient (Wildman–Crippen LogP) is 0.544. The zero-order valence-corrected chi connectivity index (χ0v) is 14.1. The van der Waals surface area contributed by atoms with Gasteiger partial charge >= 0.3 is 0 Å². The van der Waals surface area contributed by atoms with Crippen molar-refractivity contribution in [3.63, 3.8) is 0 Å². The first kappa shape index (κ1) is 17.2. The number of hydrogen-bond donors (Lipinski definition) is 4. The summed E-state index contributed by atoms with van der Waals surface area (Å²) in [5.74, 6) is 0.618. The van der Waals surface area contributed by atoms with E-state index in [1.807, 2.05) is 36.5 Å². The topological polar surface area (TPSA) is 89.0 Å². The highest BCUT2D eigenvalue weighted by molar-refractivity contribution is 5.63. The molecule has 9 heteroatoms. The maximum Gasteiger partial charge on any atom is 0.134 e. The second kappa shape index (κ2) is 7.93. The Morgan fingerprint density at radius 1 is 1.48 bits per heavy atom. The Hall–Kier alpha value is -2.68. The van der Waals surface area contributed by atoms with Gasteiger partial charge in [0.05, 0.1) is 17.4 Å². The normalized spacial score (nSPS) is 25.9. The van der Waals surface area contributed by atoms with Gasteiger partial charge in [-0.25, -0.2) is 9.37 Å². The Morgan fingerprint density at radius 2 is 2.36 bits per heavy atom. The van der Waals surface area contributed by atoms with Crippen LogP contribution in [0, 0.1) is 0 Å². The van der Waals surface area contributed by atoms with Crippen LogP contribution < -0.4 is 21.4 Å². The SMILES string of the molecule is C=NN/C(=C\NC1CC=NN1C)c1cccc(N[C@H]2CNC[C@@H]2F)n1. The van der Waals surface area contributed by atoms with Crippen molar-refractivity contribution < 1.29 is 4.39 Å². The molecule has 3 rings (SSSR count). The van der Waals surface area contributed by atoms with Gasteiger partial charge in [-0.15, -0.1) is 0 Å². The molecule has 0 bridgehead atoms. The van der Waals surface area contributed by atoms with E-state index in [2.05, 4.69) is 43.3 Å². The number of halogens is 1. The summed E-state index contributed by atoms with van der Waals surface area (Å²) in [6.07, 6.45) is 3.62. The van der Waals surface area contributed by atoms with Gasteiger partial charge in [0.2, 0.25) is 0 Å². The van der Waals surface area contributed by atoms with Crippen molar-refractivity contribution in [2.24, 2.45) is 10.2 Å². The molecule has 8 nitrogen and oxygen atoms in total. The highest BCUT2D eigenvalue weighted by Crippen LogP contribution is 2.16. The van der Waals surface area contributed by atoms with E-state index in [0.29, 0.717) is 30.3 Å². The lowest BCUT2D eigenvalue weighted by Gasteiger charge is -2.20. The van der Waals surface area contributed by atoms with Crippen LogP contribution in [-0.2, 0) is 0 Å². The second-order valence-corrected chi connectivity index (χ2v) is 5.95. The van der Waals surface area contributed by atoms with Crippen LogP contribution in [0.5, 0.6) is 0 Å². The van der Waals surface area contributed by atoms with Gasteiger partial charge < -0.3 is 16.0 Å². The highest BCUT2D eigenvalue weighted by Gasteiger charge is 2.26. The van der Waals surface area contributed by atoms with E-state index >= 15 is 0 Å². The van der Waals surface area contributed by atoms with Gasteiger partial charge in [0.1, 0.15) is 18.2 Å². The summed E-state index contributed by atoms with van der Waals surface area (Å²) in [6.45, 7) is 4.42. The van der Waals surface area contributed by atoms with Gasteiger partial charge in [-0.2, -0.15) is 10.2 Å². The molecule has 25 heavy (non-hydrogen) atoms. The number of nitrogens with one attached hydrogen (secondary N) is 4. The van der Waals surface area contributed by atoms with Crippen LogP contribution in [0.4, 0.5) is 10.2 Å². The number of anilines is 1. The molecule has 1 aromatic heterocycles. The third-order valence-corrected chi connectivity index (χ3v) is 4.16. The monoisotopic (exact) mass is 346 g/mol. The molecule has 1 saturated heterocycles. The quantitative estimate of drug-likeness (QED) is 0.426. The summed E-state index contributed by atoms with van der Waals surface area (Å²) >= 11 is 0. The van der Waals surface area contributed by atoms with Gasteiger partial charge in [-0.3, -0.25) is 10.4 Å². The fourth-order valence-corrected chi connectivity index (χ4v) is 2.76. The first-order valence-corrected chi connectivity index (χ1v) is 8.19. The summed E-state index contributed by atoms with van der Waals surface area (Å²) < 4.78 is 13.8. The minimum atomic E-state index is -0.923. The summed E-state index contributed by atoms with van der Waals surface area (Å²) in [6, 6.07) is 5.26. The molecule has 1 aromatic rings. The van der Waals surface area contributed by atoms with E-state index in [-0.39, 0.29) is 12.2 Å². The lowest BCUT2D eigenvalue weighted by Crippen LogP contribution is -2.35. The molecule has 0 amide bonds. The maximum atomic E-state index is 13.8. The average Bonchev–Trinajstić information content (AvgIpc) is 3.20. The van der Waals surface area contributed by atoms with Crippen molar-refractivity contribution in [3.05, 3.63) is 30.1 Å². The Labute approximate surface area is 146 Å².